The lowest BCUT2D eigenvalue weighted by molar-refractivity contribution is -0.118. The summed E-state index contributed by atoms with van der Waals surface area (Å²) in [5, 5.41) is 8.56. The van der Waals surface area contributed by atoms with Gasteiger partial charge in [-0.05, 0) is 12.1 Å². The van der Waals surface area contributed by atoms with Crippen LogP contribution in [0.2, 0.25) is 0 Å². The molecule has 0 atom stereocenters. The fourth-order valence-corrected chi connectivity index (χ4v) is 0.943. The summed E-state index contributed by atoms with van der Waals surface area (Å²) in [6.45, 7) is -0.129. The Labute approximate surface area is 76.8 Å². The Morgan fingerprint density at radius 2 is 2.38 bits per heavy atom. The van der Waals surface area contributed by atoms with Gasteiger partial charge in [-0.3, -0.25) is 9.69 Å². The van der Waals surface area contributed by atoms with E-state index in [1.54, 1.807) is 25.4 Å². The first kappa shape index (κ1) is 9.67. The number of hydrogen-bond donors (Lipinski definition) is 1. The molecule has 0 bridgehead atoms. The van der Waals surface area contributed by atoms with Crippen LogP contribution in [-0.2, 0) is 4.79 Å². The Kier molecular flexibility index (Phi) is 3.40. The van der Waals surface area contributed by atoms with Crippen molar-refractivity contribution in [1.29, 1.82) is 0 Å². The number of pyridine rings is 1. The van der Waals surface area contributed by atoms with E-state index in [1.165, 1.54) is 4.90 Å². The maximum absolute atomic E-state index is 11.3. The summed E-state index contributed by atoms with van der Waals surface area (Å²) in [6.07, 6.45) is 1.76. The van der Waals surface area contributed by atoms with E-state index in [0.717, 1.165) is 0 Å². The van der Waals surface area contributed by atoms with Gasteiger partial charge in [-0.2, -0.15) is 0 Å². The van der Waals surface area contributed by atoms with Gasteiger partial charge in [0.1, 0.15) is 5.82 Å². The molecule has 1 heterocycles. The SMILES string of the molecule is CN(C(=O)CCO)c1ccccn1. The zero-order valence-electron chi connectivity index (χ0n) is 7.47. The zero-order chi connectivity index (χ0) is 9.68. The molecule has 4 nitrogen and oxygen atoms in total. The van der Waals surface area contributed by atoms with Gasteiger partial charge in [-0.15, -0.1) is 0 Å². The van der Waals surface area contributed by atoms with Gasteiger partial charge in [0.2, 0.25) is 5.91 Å². The molecule has 1 rings (SSSR count). The minimum Gasteiger partial charge on any atom is -0.396 e. The molecule has 0 aliphatic heterocycles. The molecule has 0 saturated heterocycles. The maximum Gasteiger partial charge on any atom is 0.230 e. The first-order valence-corrected chi connectivity index (χ1v) is 4.04. The lowest BCUT2D eigenvalue weighted by Crippen LogP contribution is -2.27. The van der Waals surface area contributed by atoms with Crippen molar-refractivity contribution in [1.82, 2.24) is 4.98 Å². The molecule has 0 saturated carbocycles. The molecular weight excluding hydrogens is 168 g/mol. The Balaban J connectivity index is 2.68. The Bertz CT molecular complexity index is 274. The van der Waals surface area contributed by atoms with E-state index in [1.807, 2.05) is 6.07 Å². The highest BCUT2D eigenvalue weighted by atomic mass is 16.3. The Hall–Kier alpha value is -1.42. The van der Waals surface area contributed by atoms with Crippen molar-refractivity contribution >= 4 is 11.7 Å². The van der Waals surface area contributed by atoms with E-state index in [2.05, 4.69) is 4.98 Å². The smallest absolute Gasteiger partial charge is 0.230 e. The lowest BCUT2D eigenvalue weighted by atomic mass is 10.3. The fourth-order valence-electron chi connectivity index (χ4n) is 0.943. The first-order valence-electron chi connectivity index (χ1n) is 4.04. The number of anilines is 1. The average Bonchev–Trinajstić information content (AvgIpc) is 2.18. The van der Waals surface area contributed by atoms with E-state index in [9.17, 15) is 4.79 Å². The fraction of sp³-hybridized carbons (Fsp3) is 0.333. The summed E-state index contributed by atoms with van der Waals surface area (Å²) in [4.78, 5) is 16.7. The van der Waals surface area contributed by atoms with E-state index in [4.69, 9.17) is 5.11 Å². The van der Waals surface area contributed by atoms with Crippen molar-refractivity contribution < 1.29 is 9.90 Å². The number of aromatic nitrogens is 1. The van der Waals surface area contributed by atoms with Crippen molar-refractivity contribution in [3.05, 3.63) is 24.4 Å². The van der Waals surface area contributed by atoms with E-state index >= 15 is 0 Å². The van der Waals surface area contributed by atoms with E-state index < -0.39 is 0 Å². The van der Waals surface area contributed by atoms with Gasteiger partial charge in [0.15, 0.2) is 0 Å². The van der Waals surface area contributed by atoms with Crippen LogP contribution in [-0.4, -0.2) is 29.7 Å². The van der Waals surface area contributed by atoms with Crippen LogP contribution in [0.15, 0.2) is 24.4 Å². The number of nitrogens with zero attached hydrogens (tertiary/aromatic N) is 2. The van der Waals surface area contributed by atoms with E-state index in [0.29, 0.717) is 5.82 Å². The summed E-state index contributed by atoms with van der Waals surface area (Å²) >= 11 is 0. The molecule has 0 spiro atoms. The standard InChI is InChI=1S/C9H12N2O2/c1-11(9(13)5-7-12)8-4-2-3-6-10-8/h2-4,6,12H,5,7H2,1H3. The van der Waals surface area contributed by atoms with Crippen LogP contribution in [0.25, 0.3) is 0 Å². The molecule has 4 heteroatoms. The third-order valence-electron chi connectivity index (χ3n) is 1.69. The van der Waals surface area contributed by atoms with Crippen LogP contribution < -0.4 is 4.90 Å². The summed E-state index contributed by atoms with van der Waals surface area (Å²) in [5.41, 5.74) is 0. The molecule has 0 aliphatic rings. The molecule has 0 fully saturated rings. The third kappa shape index (κ3) is 2.52. The maximum atomic E-state index is 11.3. The van der Waals surface area contributed by atoms with Crippen LogP contribution in [0.3, 0.4) is 0 Å². The second-order valence-corrected chi connectivity index (χ2v) is 2.61. The number of carbonyl (C=O) groups excluding carboxylic acids is 1. The number of hydrogen-bond acceptors (Lipinski definition) is 3. The van der Waals surface area contributed by atoms with Crippen LogP contribution in [0, 0.1) is 0 Å². The first-order chi connectivity index (χ1) is 6.25. The van der Waals surface area contributed by atoms with Crippen molar-refractivity contribution in [2.24, 2.45) is 0 Å². The molecule has 1 aromatic rings. The highest BCUT2D eigenvalue weighted by molar-refractivity contribution is 5.91. The third-order valence-corrected chi connectivity index (χ3v) is 1.69. The number of aliphatic hydroxyl groups is 1. The molecule has 1 N–H and O–H groups in total. The molecule has 1 aromatic heterocycles. The van der Waals surface area contributed by atoms with Gasteiger partial charge in [0.25, 0.3) is 0 Å². The monoisotopic (exact) mass is 180 g/mol. The van der Waals surface area contributed by atoms with Crippen molar-refractivity contribution in [2.75, 3.05) is 18.6 Å². The summed E-state index contributed by atoms with van der Waals surface area (Å²) in [6, 6.07) is 5.34. The second-order valence-electron chi connectivity index (χ2n) is 2.61. The van der Waals surface area contributed by atoms with E-state index in [-0.39, 0.29) is 18.9 Å². The van der Waals surface area contributed by atoms with Crippen LogP contribution in [0.5, 0.6) is 0 Å². The second kappa shape index (κ2) is 4.57. The lowest BCUT2D eigenvalue weighted by Gasteiger charge is -2.14. The van der Waals surface area contributed by atoms with Crippen molar-refractivity contribution in [3.63, 3.8) is 0 Å². The minimum atomic E-state index is -0.138. The van der Waals surface area contributed by atoms with Gasteiger partial charge in [0, 0.05) is 13.2 Å². The summed E-state index contributed by atoms with van der Waals surface area (Å²) in [5.74, 6) is 0.460. The van der Waals surface area contributed by atoms with Gasteiger partial charge in [-0.25, -0.2) is 4.98 Å². The summed E-state index contributed by atoms with van der Waals surface area (Å²) in [7, 11) is 1.64. The Morgan fingerprint density at radius 3 is 2.92 bits per heavy atom. The average molecular weight is 180 g/mol. The molecule has 13 heavy (non-hydrogen) atoms. The Morgan fingerprint density at radius 1 is 1.62 bits per heavy atom. The van der Waals surface area contributed by atoms with Gasteiger partial charge < -0.3 is 5.11 Å². The van der Waals surface area contributed by atoms with Gasteiger partial charge in [0.05, 0.1) is 13.0 Å². The number of amides is 1. The molecule has 0 aliphatic carbocycles. The quantitative estimate of drug-likeness (QED) is 0.733. The molecule has 0 aromatic carbocycles. The highest BCUT2D eigenvalue weighted by Crippen LogP contribution is 2.07. The zero-order valence-corrected chi connectivity index (χ0v) is 7.47. The van der Waals surface area contributed by atoms with Crippen molar-refractivity contribution in [2.45, 2.75) is 6.42 Å². The van der Waals surface area contributed by atoms with Crippen LogP contribution in [0.4, 0.5) is 5.82 Å². The minimum absolute atomic E-state index is 0.129. The largest absolute Gasteiger partial charge is 0.396 e. The predicted molar refractivity (Wildman–Crippen MR) is 49.3 cm³/mol. The molecule has 0 unspecified atom stereocenters. The molecule has 1 amide bonds. The van der Waals surface area contributed by atoms with Gasteiger partial charge >= 0.3 is 0 Å². The number of carbonyl (C=O) groups is 1. The highest BCUT2D eigenvalue weighted by Gasteiger charge is 2.09. The molecular formula is C9H12N2O2. The molecule has 0 radical (unpaired) electrons. The number of aliphatic hydroxyl groups excluding tert-OH is 1. The normalized spacial score (nSPS) is 9.69. The predicted octanol–water partition coefficient (Wildman–Crippen LogP) is 0.427. The van der Waals surface area contributed by atoms with Gasteiger partial charge in [-0.1, -0.05) is 6.07 Å². The van der Waals surface area contributed by atoms with Crippen molar-refractivity contribution in [3.8, 4) is 0 Å². The van der Waals surface area contributed by atoms with Crippen LogP contribution >= 0.6 is 0 Å². The summed E-state index contributed by atoms with van der Waals surface area (Å²) < 4.78 is 0. The van der Waals surface area contributed by atoms with Crippen LogP contribution in [0.1, 0.15) is 6.42 Å². The topological polar surface area (TPSA) is 53.4 Å². The molecule has 70 valence electrons. The number of rotatable bonds is 3.